The van der Waals surface area contributed by atoms with Gasteiger partial charge in [0.25, 0.3) is 5.91 Å². The van der Waals surface area contributed by atoms with Crippen molar-refractivity contribution in [1.82, 2.24) is 15.1 Å². The summed E-state index contributed by atoms with van der Waals surface area (Å²) in [5, 5.41) is 18.2. The smallest absolute Gasteiger partial charge is 0.255 e. The van der Waals surface area contributed by atoms with Gasteiger partial charge in [0, 0.05) is 25.4 Å². The van der Waals surface area contributed by atoms with Crippen molar-refractivity contribution in [2.45, 2.75) is 13.2 Å². The molecule has 0 spiro atoms. The average molecular weight is 345 g/mol. The van der Waals surface area contributed by atoms with E-state index in [1.54, 1.807) is 30.1 Å². The molecule has 5 nitrogen and oxygen atoms in total. The third-order valence-corrected chi connectivity index (χ3v) is 4.44. The molecule has 3 aromatic rings. The second-order valence-corrected chi connectivity index (χ2v) is 6.26. The lowest BCUT2D eigenvalue weighted by Crippen LogP contribution is -2.23. The summed E-state index contributed by atoms with van der Waals surface area (Å²) in [6.45, 7) is -0.135. The van der Waals surface area contributed by atoms with E-state index in [4.69, 9.17) is 5.11 Å². The minimum Gasteiger partial charge on any atom is -0.392 e. The van der Waals surface area contributed by atoms with E-state index in [-0.39, 0.29) is 24.6 Å². The van der Waals surface area contributed by atoms with E-state index < -0.39 is 5.82 Å². The SMILES string of the molecule is Cn1cc(C(=O)NCc2ccc(F)c(CO)c2)c(-c2cccs2)n1. The molecule has 0 bridgehead atoms. The molecule has 2 heterocycles. The highest BCUT2D eigenvalue weighted by Gasteiger charge is 2.17. The van der Waals surface area contributed by atoms with E-state index >= 15 is 0 Å². The fourth-order valence-electron chi connectivity index (χ4n) is 2.39. The summed E-state index contributed by atoms with van der Waals surface area (Å²) >= 11 is 1.52. The second kappa shape index (κ2) is 6.94. The molecule has 0 aliphatic heterocycles. The number of amides is 1. The van der Waals surface area contributed by atoms with Crippen LogP contribution in [0, 0.1) is 5.82 Å². The highest BCUT2D eigenvalue weighted by atomic mass is 32.1. The Morgan fingerprint density at radius 1 is 1.42 bits per heavy atom. The summed E-state index contributed by atoms with van der Waals surface area (Å²) in [5.74, 6) is -0.707. The van der Waals surface area contributed by atoms with Crippen LogP contribution in [0.2, 0.25) is 0 Å². The fourth-order valence-corrected chi connectivity index (χ4v) is 3.11. The maximum atomic E-state index is 13.4. The lowest BCUT2D eigenvalue weighted by molar-refractivity contribution is 0.0951. The standard InChI is InChI=1S/C17H16FN3O2S/c1-21-9-13(16(20-21)15-3-2-6-24-15)17(23)19-8-11-4-5-14(18)12(7-11)10-22/h2-7,9,22H,8,10H2,1H3,(H,19,23). The third kappa shape index (κ3) is 3.37. The van der Waals surface area contributed by atoms with Gasteiger partial charge in [-0.15, -0.1) is 11.3 Å². The summed E-state index contributed by atoms with van der Waals surface area (Å²) in [6, 6.07) is 8.23. The summed E-state index contributed by atoms with van der Waals surface area (Å²) in [6.07, 6.45) is 1.67. The van der Waals surface area contributed by atoms with Gasteiger partial charge in [0.2, 0.25) is 0 Å². The number of hydrogen-bond acceptors (Lipinski definition) is 4. The molecule has 0 aliphatic rings. The van der Waals surface area contributed by atoms with Crippen LogP contribution in [-0.4, -0.2) is 20.8 Å². The molecule has 0 aliphatic carbocycles. The predicted molar refractivity (Wildman–Crippen MR) is 90.0 cm³/mol. The molecule has 0 atom stereocenters. The Hall–Kier alpha value is -2.51. The lowest BCUT2D eigenvalue weighted by atomic mass is 10.1. The molecular weight excluding hydrogens is 329 g/mol. The number of hydrogen-bond donors (Lipinski definition) is 2. The Labute approximate surface area is 142 Å². The molecule has 1 amide bonds. The molecule has 24 heavy (non-hydrogen) atoms. The first-order chi connectivity index (χ1) is 11.6. The Balaban J connectivity index is 1.77. The number of aliphatic hydroxyl groups excluding tert-OH is 1. The Bertz CT molecular complexity index is 859. The number of halogens is 1. The molecule has 0 saturated heterocycles. The number of aromatic nitrogens is 2. The van der Waals surface area contributed by atoms with Crippen LogP contribution in [0.25, 0.3) is 10.6 Å². The van der Waals surface area contributed by atoms with Gasteiger partial charge >= 0.3 is 0 Å². The second-order valence-electron chi connectivity index (χ2n) is 5.31. The van der Waals surface area contributed by atoms with Crippen molar-refractivity contribution in [2.75, 3.05) is 0 Å². The number of carbonyl (C=O) groups excluding carboxylic acids is 1. The van der Waals surface area contributed by atoms with Gasteiger partial charge < -0.3 is 10.4 Å². The Morgan fingerprint density at radius 3 is 2.96 bits per heavy atom. The van der Waals surface area contributed by atoms with Crippen molar-refractivity contribution in [3.8, 4) is 10.6 Å². The first kappa shape index (κ1) is 16.4. The Kier molecular flexibility index (Phi) is 4.73. The normalized spacial score (nSPS) is 10.8. The van der Waals surface area contributed by atoms with Gasteiger partial charge in [-0.05, 0) is 29.1 Å². The number of nitrogens with zero attached hydrogens (tertiary/aromatic N) is 2. The summed E-state index contributed by atoms with van der Waals surface area (Å²) in [4.78, 5) is 13.4. The van der Waals surface area contributed by atoms with Gasteiger partial charge in [0.05, 0.1) is 17.0 Å². The Morgan fingerprint density at radius 2 is 2.25 bits per heavy atom. The van der Waals surface area contributed by atoms with Gasteiger partial charge in [-0.1, -0.05) is 12.1 Å². The molecule has 0 unspecified atom stereocenters. The van der Waals surface area contributed by atoms with E-state index in [9.17, 15) is 9.18 Å². The van der Waals surface area contributed by atoms with Crippen molar-refractivity contribution in [3.05, 3.63) is 64.4 Å². The number of carbonyl (C=O) groups is 1. The maximum absolute atomic E-state index is 13.4. The van der Waals surface area contributed by atoms with Crippen LogP contribution in [-0.2, 0) is 20.2 Å². The van der Waals surface area contributed by atoms with Crippen molar-refractivity contribution >= 4 is 17.2 Å². The first-order valence-electron chi connectivity index (χ1n) is 7.32. The van der Waals surface area contributed by atoms with E-state index in [1.807, 2.05) is 17.5 Å². The first-order valence-corrected chi connectivity index (χ1v) is 8.20. The molecule has 2 aromatic heterocycles. The topological polar surface area (TPSA) is 67.2 Å². The van der Waals surface area contributed by atoms with E-state index in [1.165, 1.54) is 17.4 Å². The molecular formula is C17H16FN3O2S. The van der Waals surface area contributed by atoms with Crippen LogP contribution in [0.3, 0.4) is 0 Å². The van der Waals surface area contributed by atoms with E-state index in [0.29, 0.717) is 11.3 Å². The largest absolute Gasteiger partial charge is 0.392 e. The van der Waals surface area contributed by atoms with Crippen LogP contribution in [0.4, 0.5) is 4.39 Å². The van der Waals surface area contributed by atoms with Gasteiger partial charge in [0.15, 0.2) is 0 Å². The number of aryl methyl sites for hydroxylation is 1. The number of benzene rings is 1. The molecule has 124 valence electrons. The predicted octanol–water partition coefficient (Wildman–Crippen LogP) is 2.71. The zero-order valence-electron chi connectivity index (χ0n) is 13.0. The van der Waals surface area contributed by atoms with Crippen molar-refractivity contribution in [2.24, 2.45) is 7.05 Å². The summed E-state index contributed by atoms with van der Waals surface area (Å²) in [7, 11) is 1.77. The average Bonchev–Trinajstić information content (AvgIpc) is 3.22. The van der Waals surface area contributed by atoms with Crippen LogP contribution in [0.15, 0.2) is 41.9 Å². The number of aliphatic hydroxyl groups is 1. The maximum Gasteiger partial charge on any atom is 0.255 e. The summed E-state index contributed by atoms with van der Waals surface area (Å²) < 4.78 is 15.0. The highest BCUT2D eigenvalue weighted by Crippen LogP contribution is 2.26. The van der Waals surface area contributed by atoms with E-state index in [2.05, 4.69) is 10.4 Å². The molecule has 0 fully saturated rings. The molecule has 7 heteroatoms. The minimum atomic E-state index is -0.459. The third-order valence-electron chi connectivity index (χ3n) is 3.56. The van der Waals surface area contributed by atoms with Crippen molar-refractivity contribution < 1.29 is 14.3 Å². The molecule has 1 aromatic carbocycles. The summed E-state index contributed by atoms with van der Waals surface area (Å²) in [5.41, 5.74) is 2.06. The zero-order valence-corrected chi connectivity index (χ0v) is 13.8. The van der Waals surface area contributed by atoms with Crippen LogP contribution in [0.5, 0.6) is 0 Å². The van der Waals surface area contributed by atoms with Gasteiger partial charge in [-0.3, -0.25) is 9.48 Å². The molecule has 2 N–H and O–H groups in total. The minimum absolute atomic E-state index is 0.211. The van der Waals surface area contributed by atoms with Crippen LogP contribution >= 0.6 is 11.3 Å². The number of nitrogens with one attached hydrogen (secondary N) is 1. The molecule has 0 saturated carbocycles. The molecule has 3 rings (SSSR count). The quantitative estimate of drug-likeness (QED) is 0.747. The van der Waals surface area contributed by atoms with E-state index in [0.717, 1.165) is 10.4 Å². The monoisotopic (exact) mass is 345 g/mol. The van der Waals surface area contributed by atoms with Crippen molar-refractivity contribution in [3.63, 3.8) is 0 Å². The highest BCUT2D eigenvalue weighted by molar-refractivity contribution is 7.13. The van der Waals surface area contributed by atoms with Gasteiger partial charge in [-0.25, -0.2) is 4.39 Å². The van der Waals surface area contributed by atoms with Crippen LogP contribution in [0.1, 0.15) is 21.5 Å². The lowest BCUT2D eigenvalue weighted by Gasteiger charge is -2.07. The van der Waals surface area contributed by atoms with Crippen LogP contribution < -0.4 is 5.32 Å². The fraction of sp³-hybridized carbons (Fsp3) is 0.176. The number of rotatable bonds is 5. The van der Waals surface area contributed by atoms with Gasteiger partial charge in [-0.2, -0.15) is 5.10 Å². The van der Waals surface area contributed by atoms with Crippen molar-refractivity contribution in [1.29, 1.82) is 0 Å². The number of thiophene rings is 1. The zero-order chi connectivity index (χ0) is 17.1. The van der Waals surface area contributed by atoms with Gasteiger partial charge in [0.1, 0.15) is 11.5 Å². The molecule has 0 radical (unpaired) electrons.